The molecule has 7 nitrogen and oxygen atoms in total. The molecule has 1 atom stereocenters. The van der Waals surface area contributed by atoms with E-state index in [-0.39, 0.29) is 12.2 Å². The quantitative estimate of drug-likeness (QED) is 0.222. The van der Waals surface area contributed by atoms with Gasteiger partial charge in [0.1, 0.15) is 18.1 Å². The van der Waals surface area contributed by atoms with Gasteiger partial charge in [-0.05, 0) is 60.0 Å². The lowest BCUT2D eigenvalue weighted by molar-refractivity contribution is -0.139. The minimum atomic E-state index is -0.693. The number of allylic oxidation sites excluding steroid dienone is 1. The fraction of sp³-hybridized carbons (Fsp3) is 0.171. The number of hydrogen-bond acceptors (Lipinski definition) is 7. The Morgan fingerprint density at radius 3 is 2.51 bits per heavy atom. The summed E-state index contributed by atoms with van der Waals surface area (Å²) in [7, 11) is 1.59. The summed E-state index contributed by atoms with van der Waals surface area (Å²) in [5.74, 6) is 0.844. The van der Waals surface area contributed by atoms with E-state index in [0.29, 0.717) is 38.7 Å². The smallest absolute Gasteiger partial charge is 0.338 e. The van der Waals surface area contributed by atoms with E-state index < -0.39 is 12.0 Å². The number of nitrogens with zero attached hydrogens (tertiary/aromatic N) is 2. The van der Waals surface area contributed by atoms with Crippen LogP contribution in [0.3, 0.4) is 0 Å². The van der Waals surface area contributed by atoms with Gasteiger partial charge in [-0.3, -0.25) is 9.36 Å². The predicted octanol–water partition coefficient (Wildman–Crippen LogP) is 5.54. The minimum Gasteiger partial charge on any atom is -0.497 e. The molecule has 0 N–H and O–H groups in total. The van der Waals surface area contributed by atoms with Crippen molar-refractivity contribution < 1.29 is 19.0 Å². The number of esters is 1. The molecule has 0 amide bonds. The molecule has 0 spiro atoms. The van der Waals surface area contributed by atoms with Crippen LogP contribution in [-0.4, -0.2) is 24.3 Å². The van der Waals surface area contributed by atoms with Crippen molar-refractivity contribution in [2.45, 2.75) is 26.5 Å². The summed E-state index contributed by atoms with van der Waals surface area (Å²) in [6.45, 7) is 4.12. The maximum Gasteiger partial charge on any atom is 0.338 e. The first-order chi connectivity index (χ1) is 21.0. The maximum absolute atomic E-state index is 14.0. The van der Waals surface area contributed by atoms with Gasteiger partial charge >= 0.3 is 5.97 Å². The lowest BCUT2D eigenvalue weighted by Crippen LogP contribution is -2.39. The molecule has 0 radical (unpaired) electrons. The molecule has 5 aromatic rings. The van der Waals surface area contributed by atoms with Crippen LogP contribution in [0.15, 0.2) is 112 Å². The molecular weight excluding hydrogens is 560 g/mol. The molecule has 0 fully saturated rings. The summed E-state index contributed by atoms with van der Waals surface area (Å²) in [6.07, 6.45) is 1.83. The van der Waals surface area contributed by atoms with Gasteiger partial charge in [0.25, 0.3) is 5.56 Å². The molecule has 0 saturated carbocycles. The lowest BCUT2D eigenvalue weighted by atomic mass is 9.96. The standard InChI is InChI=1S/C35H30N2O5S/c1-4-41-34(39)31-22(2)36-35-37(32(31)24-16-18-27(40-3)19-17-24)33(38)30(43-35)20-25-11-6-8-15-29(25)42-21-26-13-9-12-23-10-5-7-14-28(23)26/h5-20,32H,4,21H2,1-3H3/b30-20-. The van der Waals surface area contributed by atoms with Crippen molar-refractivity contribution in [3.8, 4) is 11.5 Å². The summed E-state index contributed by atoms with van der Waals surface area (Å²) in [4.78, 5) is 32.4. The Morgan fingerprint density at radius 2 is 1.72 bits per heavy atom. The van der Waals surface area contributed by atoms with Crippen LogP contribution in [0.4, 0.5) is 0 Å². The summed E-state index contributed by atoms with van der Waals surface area (Å²) in [6, 6.07) is 28.7. The van der Waals surface area contributed by atoms with Gasteiger partial charge in [0.2, 0.25) is 0 Å². The molecule has 1 aliphatic rings. The first-order valence-electron chi connectivity index (χ1n) is 14.0. The zero-order valence-corrected chi connectivity index (χ0v) is 24.9. The number of benzene rings is 4. The van der Waals surface area contributed by atoms with Gasteiger partial charge in [-0.25, -0.2) is 9.79 Å². The molecule has 43 heavy (non-hydrogen) atoms. The number of carbonyl (C=O) groups is 1. The van der Waals surface area contributed by atoms with E-state index in [4.69, 9.17) is 14.2 Å². The highest BCUT2D eigenvalue weighted by atomic mass is 32.1. The van der Waals surface area contributed by atoms with Crippen molar-refractivity contribution in [1.29, 1.82) is 0 Å². The molecule has 0 saturated heterocycles. The van der Waals surface area contributed by atoms with Gasteiger partial charge in [0, 0.05) is 5.56 Å². The van der Waals surface area contributed by atoms with Crippen LogP contribution in [0.25, 0.3) is 16.8 Å². The average Bonchev–Trinajstić information content (AvgIpc) is 3.33. The normalized spacial score (nSPS) is 14.8. The highest BCUT2D eigenvalue weighted by molar-refractivity contribution is 7.07. The molecule has 0 bridgehead atoms. The Hall–Kier alpha value is -4.95. The molecular formula is C35H30N2O5S. The van der Waals surface area contributed by atoms with Gasteiger partial charge in [0.05, 0.1) is 35.6 Å². The summed E-state index contributed by atoms with van der Waals surface area (Å²) in [5.41, 5.74) is 3.21. The van der Waals surface area contributed by atoms with E-state index in [2.05, 4.69) is 29.3 Å². The molecule has 1 aromatic heterocycles. The average molecular weight is 591 g/mol. The van der Waals surface area contributed by atoms with Crippen LogP contribution < -0.4 is 24.4 Å². The molecule has 1 unspecified atom stereocenters. The highest BCUT2D eigenvalue weighted by Crippen LogP contribution is 2.32. The zero-order chi connectivity index (χ0) is 29.9. The number of thiazole rings is 1. The molecule has 4 aromatic carbocycles. The molecule has 8 heteroatoms. The number of para-hydroxylation sites is 1. The summed E-state index contributed by atoms with van der Waals surface area (Å²) < 4.78 is 19.1. The Bertz CT molecular complexity index is 2030. The zero-order valence-electron chi connectivity index (χ0n) is 24.1. The number of ether oxygens (including phenoxy) is 3. The topological polar surface area (TPSA) is 79.1 Å². The predicted molar refractivity (Wildman–Crippen MR) is 168 cm³/mol. The number of hydrogen-bond donors (Lipinski definition) is 0. The van der Waals surface area contributed by atoms with Crippen molar-refractivity contribution in [1.82, 2.24) is 4.57 Å². The Morgan fingerprint density at radius 1 is 0.977 bits per heavy atom. The number of rotatable bonds is 8. The van der Waals surface area contributed by atoms with E-state index in [1.165, 1.54) is 11.3 Å². The monoisotopic (exact) mass is 590 g/mol. The fourth-order valence-electron chi connectivity index (χ4n) is 5.34. The van der Waals surface area contributed by atoms with Gasteiger partial charge < -0.3 is 14.2 Å². The van der Waals surface area contributed by atoms with E-state index in [1.807, 2.05) is 72.8 Å². The Kier molecular flexibility index (Phi) is 7.94. The maximum atomic E-state index is 14.0. The third-order valence-electron chi connectivity index (χ3n) is 7.42. The SMILES string of the molecule is CCOC(=O)C1=C(C)N=c2s/c(=C\c3ccccc3OCc3cccc4ccccc34)c(=O)n2C1c1ccc(OC)cc1. The van der Waals surface area contributed by atoms with E-state index >= 15 is 0 Å². The van der Waals surface area contributed by atoms with E-state index in [0.717, 1.165) is 27.5 Å². The van der Waals surface area contributed by atoms with Crippen molar-refractivity contribution >= 4 is 34.2 Å². The Balaban J connectivity index is 1.41. The summed E-state index contributed by atoms with van der Waals surface area (Å²) >= 11 is 1.28. The molecule has 0 aliphatic carbocycles. The number of methoxy groups -OCH3 is 1. The molecule has 2 heterocycles. The molecule has 1 aliphatic heterocycles. The second-order valence-corrected chi connectivity index (χ2v) is 11.0. The van der Waals surface area contributed by atoms with Crippen LogP contribution >= 0.6 is 11.3 Å². The highest BCUT2D eigenvalue weighted by Gasteiger charge is 2.33. The largest absolute Gasteiger partial charge is 0.497 e. The second kappa shape index (κ2) is 12.1. The number of aromatic nitrogens is 1. The van der Waals surface area contributed by atoms with Crippen LogP contribution in [0.2, 0.25) is 0 Å². The van der Waals surface area contributed by atoms with Gasteiger partial charge in [-0.15, -0.1) is 0 Å². The van der Waals surface area contributed by atoms with Crippen molar-refractivity contribution in [2.75, 3.05) is 13.7 Å². The first kappa shape index (κ1) is 28.2. The van der Waals surface area contributed by atoms with Crippen molar-refractivity contribution in [3.63, 3.8) is 0 Å². The van der Waals surface area contributed by atoms with Crippen molar-refractivity contribution in [2.24, 2.45) is 4.99 Å². The Labute approximate surface area is 252 Å². The molecule has 216 valence electrons. The van der Waals surface area contributed by atoms with Crippen LogP contribution in [0, 0.1) is 0 Å². The van der Waals surface area contributed by atoms with Crippen LogP contribution in [0.5, 0.6) is 11.5 Å². The van der Waals surface area contributed by atoms with Crippen LogP contribution in [0.1, 0.15) is 36.6 Å². The van der Waals surface area contributed by atoms with Gasteiger partial charge in [0.15, 0.2) is 4.80 Å². The van der Waals surface area contributed by atoms with Gasteiger partial charge in [-0.2, -0.15) is 0 Å². The second-order valence-electron chi connectivity index (χ2n) is 10.0. The number of carbonyl (C=O) groups excluding carboxylic acids is 1. The van der Waals surface area contributed by atoms with Crippen LogP contribution in [-0.2, 0) is 16.1 Å². The first-order valence-corrected chi connectivity index (χ1v) is 14.8. The summed E-state index contributed by atoms with van der Waals surface area (Å²) in [5, 5.41) is 2.30. The fourth-order valence-corrected chi connectivity index (χ4v) is 6.38. The van der Waals surface area contributed by atoms with E-state index in [9.17, 15) is 9.59 Å². The third-order valence-corrected chi connectivity index (χ3v) is 8.40. The lowest BCUT2D eigenvalue weighted by Gasteiger charge is -2.24. The number of fused-ring (bicyclic) bond motifs is 2. The van der Waals surface area contributed by atoms with Gasteiger partial charge in [-0.1, -0.05) is 84.1 Å². The van der Waals surface area contributed by atoms with Crippen molar-refractivity contribution in [3.05, 3.63) is 139 Å². The third kappa shape index (κ3) is 5.49. The minimum absolute atomic E-state index is 0.213. The van der Waals surface area contributed by atoms with E-state index in [1.54, 1.807) is 25.5 Å². The molecule has 6 rings (SSSR count).